The lowest BCUT2D eigenvalue weighted by Gasteiger charge is -2.14. The number of ether oxygens (including phenoxy) is 6. The van der Waals surface area contributed by atoms with Crippen LogP contribution in [0.15, 0.2) is 83.8 Å². The van der Waals surface area contributed by atoms with Gasteiger partial charge in [0.25, 0.3) is 15.7 Å². The van der Waals surface area contributed by atoms with Gasteiger partial charge in [-0.3, -0.25) is 25.5 Å². The van der Waals surface area contributed by atoms with Gasteiger partial charge in [-0.05, 0) is 73.3 Å². The molecule has 1 heterocycles. The molecule has 0 radical (unpaired) electrons. The molecule has 0 aliphatic carbocycles. The monoisotopic (exact) mass is 1380 g/mol. The maximum Gasteiger partial charge on any atom is 0.416 e. The van der Waals surface area contributed by atoms with Crippen LogP contribution in [-0.4, -0.2) is 144 Å². The molecule has 0 bridgehead atoms. The van der Waals surface area contributed by atoms with Gasteiger partial charge in [0.2, 0.25) is 17.7 Å². The second-order valence-corrected chi connectivity index (χ2v) is 23.0. The summed E-state index contributed by atoms with van der Waals surface area (Å²) < 4.78 is 151. The number of carbonyl (C=O) groups excluding carboxylic acids is 3. The van der Waals surface area contributed by atoms with E-state index in [0.29, 0.717) is 23.0 Å². The Hall–Kier alpha value is -8.03. The van der Waals surface area contributed by atoms with Crippen LogP contribution >= 0.6 is 42.4 Å². The number of sulfonamides is 1. The van der Waals surface area contributed by atoms with Gasteiger partial charge in [0, 0.05) is 12.1 Å². The van der Waals surface area contributed by atoms with Gasteiger partial charge < -0.3 is 58.1 Å². The quantitative estimate of drug-likeness (QED) is 0.00904. The van der Waals surface area contributed by atoms with Crippen LogP contribution in [0, 0.1) is 10.1 Å². The van der Waals surface area contributed by atoms with E-state index in [1.54, 1.807) is 12.2 Å². The SMILES string of the molecule is CCOC(=O)C(C)OC(=O)c1cc(Oc2ccc(C(F)(F)F)cc2Cl)ccc1[N+](=O)[O-].COc1c(Cl)ccc(Cl)c1C(=O)O.C[S+](C)C.O=C(Nc1nc(OC(F)F)cc(OC(F)F)n1)NS(=O)(=O)c1ccccc1C(=O)O.O=C(O)CNCP(=O)([O-])O. The molecule has 0 saturated heterocycles. The first kappa shape index (κ1) is 78.0. The maximum atomic E-state index is 12.8. The molecule has 2 unspecified atom stereocenters. The first-order valence-corrected chi connectivity index (χ1v) is 29.8. The highest BCUT2D eigenvalue weighted by molar-refractivity contribution is 7.94. The second kappa shape index (κ2) is 36.3. The van der Waals surface area contributed by atoms with E-state index >= 15 is 0 Å². The molecule has 4 aromatic carbocycles. The Bertz CT molecular complexity index is 3400. The van der Waals surface area contributed by atoms with Gasteiger partial charge in [-0.1, -0.05) is 46.9 Å². The van der Waals surface area contributed by atoms with Crippen LogP contribution < -0.4 is 39.2 Å². The van der Waals surface area contributed by atoms with Gasteiger partial charge in [0.1, 0.15) is 35.1 Å². The number of aromatic carboxylic acids is 2. The number of urea groups is 1. The van der Waals surface area contributed by atoms with Gasteiger partial charge >= 0.3 is 55.3 Å². The standard InChI is InChI=1S/C19H15ClF3NO7.C14H10F4N4O7S.C8H6Cl2O3.C3H8NO5P.C3H9S/c1-3-29-17(25)10(2)30-18(26)13-9-12(5-6-15(13)24(27)28)31-16-7-4-11(8-14(16)20)19(21,22)23;15-11(16)28-8-5-9(29-12(17)18)20-13(19-8)21-14(25)22-30(26,27)7-4-2-1-3-6(7)10(23)24;1-13-7-5(10)3-2-4(9)6(7)8(11)12;5-3(6)1-4-2-10(7,8)9;1-4(2)3/h4-10H,3H2,1-2H3;1-5,11-12H,(H,23,24)(H2,19,20,21,22,25);2-3H,1H3,(H,11,12);4H,1-2H2,(H,5,6)(H2,7,8,9);1-3H3/q;;;;+1/p-1. The van der Waals surface area contributed by atoms with Crippen molar-refractivity contribution in [2.24, 2.45) is 0 Å². The highest BCUT2D eigenvalue weighted by Gasteiger charge is 2.32. The average molecular weight is 1380 g/mol. The number of carboxylic acid groups (broad SMARTS) is 3. The molecule has 0 aliphatic rings. The number of alkyl halides is 7. The number of nitrogens with zero attached hydrogens (tertiary/aromatic N) is 3. The van der Waals surface area contributed by atoms with Crippen molar-refractivity contribution in [2.45, 2.75) is 44.2 Å². The minimum absolute atomic E-state index is 0.0398. The summed E-state index contributed by atoms with van der Waals surface area (Å²) in [5, 5.41) is 40.7. The van der Waals surface area contributed by atoms with Gasteiger partial charge in [-0.25, -0.2) is 37.1 Å². The third kappa shape index (κ3) is 28.7. The Morgan fingerprint density at radius 2 is 1.38 bits per heavy atom. The van der Waals surface area contributed by atoms with Crippen LogP contribution in [0.5, 0.6) is 29.0 Å². The second-order valence-electron chi connectivity index (χ2n) is 16.1. The van der Waals surface area contributed by atoms with Crippen LogP contribution in [0.2, 0.25) is 15.1 Å². The lowest BCUT2D eigenvalue weighted by molar-refractivity contribution is -0.385. The molecule has 1 aromatic heterocycles. The van der Waals surface area contributed by atoms with Gasteiger partial charge in [-0.2, -0.15) is 40.7 Å². The summed E-state index contributed by atoms with van der Waals surface area (Å²) >= 11 is 17.2. The number of nitrogens with one attached hydrogen (secondary N) is 3. The van der Waals surface area contributed by atoms with Crippen LogP contribution in [0.1, 0.15) is 50.5 Å². The van der Waals surface area contributed by atoms with Gasteiger partial charge in [0.15, 0.2) is 11.9 Å². The fourth-order valence-corrected chi connectivity index (χ4v) is 7.69. The number of hydrogen-bond acceptors (Lipinski definition) is 21. The zero-order valence-electron chi connectivity index (χ0n) is 45.4. The summed E-state index contributed by atoms with van der Waals surface area (Å²) in [5.41, 5.74) is -2.93. The normalized spacial score (nSPS) is 11.8. The summed E-state index contributed by atoms with van der Waals surface area (Å²) in [4.78, 5) is 102. The molecule has 0 spiro atoms. The summed E-state index contributed by atoms with van der Waals surface area (Å²) in [6, 6.07) is 11.5. The van der Waals surface area contributed by atoms with Crippen molar-refractivity contribution in [3.63, 3.8) is 0 Å². The van der Waals surface area contributed by atoms with E-state index in [1.807, 2.05) is 5.32 Å². The van der Waals surface area contributed by atoms with Crippen LogP contribution in [-0.2, 0) is 50.7 Å². The summed E-state index contributed by atoms with van der Waals surface area (Å²) in [6.07, 6.45) is -0.0672. The number of carbonyl (C=O) groups is 6. The Labute approximate surface area is 509 Å². The number of nitro groups is 1. The van der Waals surface area contributed by atoms with E-state index in [2.05, 4.69) is 38.2 Å². The molecule has 5 aromatic rings. The Morgan fingerprint density at radius 3 is 1.83 bits per heavy atom. The van der Waals surface area contributed by atoms with Gasteiger partial charge in [-0.15, -0.1) is 0 Å². The minimum Gasteiger partial charge on any atom is -0.778 e. The lowest BCUT2D eigenvalue weighted by atomic mass is 10.1. The number of rotatable bonds is 21. The number of nitro benzene ring substituents is 1. The van der Waals surface area contributed by atoms with Crippen molar-refractivity contribution in [1.82, 2.24) is 20.0 Å². The molecule has 484 valence electrons. The van der Waals surface area contributed by atoms with E-state index in [-0.39, 0.29) is 44.5 Å². The highest BCUT2D eigenvalue weighted by Crippen LogP contribution is 2.38. The van der Waals surface area contributed by atoms with E-state index in [0.717, 1.165) is 42.5 Å². The molecule has 7 N–H and O–H groups in total. The zero-order valence-corrected chi connectivity index (χ0v) is 50.2. The van der Waals surface area contributed by atoms with E-state index < -0.39 is 142 Å². The average Bonchev–Trinajstić information content (AvgIpc) is 3.60. The van der Waals surface area contributed by atoms with Crippen molar-refractivity contribution < 1.29 is 131 Å². The maximum absolute atomic E-state index is 12.8. The van der Waals surface area contributed by atoms with Crippen LogP contribution in [0.25, 0.3) is 0 Å². The Kier molecular flexibility index (Phi) is 32.2. The fourth-order valence-electron chi connectivity index (χ4n) is 5.50. The number of esters is 2. The summed E-state index contributed by atoms with van der Waals surface area (Å²) in [7, 11) is -7.08. The zero-order chi connectivity index (χ0) is 67.6. The van der Waals surface area contributed by atoms with Gasteiger partial charge in [0.05, 0.1) is 82.5 Å². The number of anilines is 1. The minimum atomic E-state index is -4.71. The largest absolute Gasteiger partial charge is 0.778 e. The third-order valence-corrected chi connectivity index (χ3v) is 11.7. The van der Waals surface area contributed by atoms with Crippen molar-refractivity contribution >= 4 is 111 Å². The van der Waals surface area contributed by atoms with Crippen LogP contribution in [0.4, 0.5) is 47.2 Å². The number of hydrogen-bond donors (Lipinski definition) is 7. The number of benzene rings is 4. The topological polar surface area (TPSA) is 418 Å². The molecule has 5 rings (SSSR count). The Morgan fingerprint density at radius 1 is 0.818 bits per heavy atom. The van der Waals surface area contributed by atoms with Crippen molar-refractivity contribution in [3.05, 3.63) is 126 Å². The number of methoxy groups -OCH3 is 1. The van der Waals surface area contributed by atoms with E-state index in [4.69, 9.17) is 74.0 Å². The molecule has 2 amide bonds. The lowest BCUT2D eigenvalue weighted by Crippen LogP contribution is -2.35. The predicted molar refractivity (Wildman–Crippen MR) is 295 cm³/mol. The smallest absolute Gasteiger partial charge is 0.416 e. The Balaban J connectivity index is 0.000000625. The molecule has 0 saturated carbocycles. The molecule has 28 nitrogen and oxygen atoms in total. The van der Waals surface area contributed by atoms with E-state index in [1.165, 1.54) is 43.0 Å². The number of carboxylic acids is 3. The molecule has 88 heavy (non-hydrogen) atoms. The van der Waals surface area contributed by atoms with E-state index in [9.17, 15) is 87.5 Å². The van der Waals surface area contributed by atoms with Crippen molar-refractivity contribution in [3.8, 4) is 29.0 Å². The summed E-state index contributed by atoms with van der Waals surface area (Å²) in [6.45, 7) is -4.48. The molecular weight excluding hydrogens is 1330 g/mol. The predicted octanol–water partition coefficient (Wildman–Crippen LogP) is 8.41. The highest BCUT2D eigenvalue weighted by atomic mass is 35.5. The molecule has 41 heteroatoms. The summed E-state index contributed by atoms with van der Waals surface area (Å²) in [5.74, 6) is -9.06. The first-order chi connectivity index (χ1) is 40.6. The third-order valence-electron chi connectivity index (χ3n) is 8.80. The number of halogens is 10. The number of aliphatic carboxylic acids is 1. The molecular formula is C47H47Cl3F7N6O22PS2. The molecule has 0 fully saturated rings. The fraction of sp³-hybridized carbons (Fsp3) is 0.277. The van der Waals surface area contributed by atoms with Crippen LogP contribution in [0.3, 0.4) is 0 Å². The first-order valence-electron chi connectivity index (χ1n) is 23.0. The number of amides is 2. The molecule has 0 aliphatic heterocycles. The van der Waals surface area contributed by atoms with Crippen molar-refractivity contribution in [2.75, 3.05) is 50.6 Å². The molecule has 2 atom stereocenters. The number of aromatic nitrogens is 2. The van der Waals surface area contributed by atoms with Crippen molar-refractivity contribution in [1.29, 1.82) is 0 Å².